The third kappa shape index (κ3) is 2.14. The first-order valence-corrected chi connectivity index (χ1v) is 4.65. The van der Waals surface area contributed by atoms with Crippen LogP contribution in [-0.4, -0.2) is 11.7 Å². The van der Waals surface area contributed by atoms with Crippen molar-refractivity contribution in [2.24, 2.45) is 0 Å². The predicted molar refractivity (Wildman–Crippen MR) is 51.6 cm³/mol. The Labute approximate surface area is 80.3 Å². The molecule has 1 aromatic rings. The van der Waals surface area contributed by atoms with Gasteiger partial charge in [0.2, 0.25) is 0 Å². The van der Waals surface area contributed by atoms with Crippen LogP contribution in [-0.2, 0) is 0 Å². The van der Waals surface area contributed by atoms with E-state index in [0.29, 0.717) is 12.4 Å². The van der Waals surface area contributed by atoms with E-state index in [2.05, 4.69) is 15.9 Å². The molecule has 0 fully saturated rings. The van der Waals surface area contributed by atoms with Crippen LogP contribution in [0.5, 0.6) is 11.5 Å². The molecule has 2 nitrogen and oxygen atoms in total. The van der Waals surface area contributed by atoms with E-state index in [1.165, 1.54) is 0 Å². The number of hydrogen-bond acceptors (Lipinski definition) is 2. The zero-order valence-corrected chi connectivity index (χ0v) is 8.47. The predicted octanol–water partition coefficient (Wildman–Crippen LogP) is 2.94. The zero-order valence-electron chi connectivity index (χ0n) is 6.88. The molecular weight excluding hydrogens is 220 g/mol. The van der Waals surface area contributed by atoms with Gasteiger partial charge in [-0.3, -0.25) is 0 Å². The van der Waals surface area contributed by atoms with Gasteiger partial charge >= 0.3 is 0 Å². The molecular formula is C9H11BrO2. The van der Waals surface area contributed by atoms with E-state index in [1.54, 1.807) is 12.1 Å². The Bertz CT molecular complexity index is 240. The molecule has 0 aliphatic heterocycles. The van der Waals surface area contributed by atoms with E-state index in [9.17, 15) is 5.11 Å². The van der Waals surface area contributed by atoms with Crippen molar-refractivity contribution in [2.75, 3.05) is 6.61 Å². The van der Waals surface area contributed by atoms with Gasteiger partial charge in [0, 0.05) is 0 Å². The van der Waals surface area contributed by atoms with Crippen LogP contribution in [0.3, 0.4) is 0 Å². The van der Waals surface area contributed by atoms with Gasteiger partial charge in [-0.2, -0.15) is 0 Å². The molecule has 0 radical (unpaired) electrons. The number of phenols is 1. The summed E-state index contributed by atoms with van der Waals surface area (Å²) in [5, 5.41) is 9.36. The van der Waals surface area contributed by atoms with Crippen LogP contribution in [0.25, 0.3) is 0 Å². The highest BCUT2D eigenvalue weighted by molar-refractivity contribution is 9.10. The molecule has 0 heterocycles. The normalized spacial score (nSPS) is 9.83. The lowest BCUT2D eigenvalue weighted by Gasteiger charge is -2.07. The maximum Gasteiger partial charge on any atom is 0.175 e. The van der Waals surface area contributed by atoms with Crippen LogP contribution >= 0.6 is 15.9 Å². The maximum atomic E-state index is 9.36. The Morgan fingerprint density at radius 2 is 2.25 bits per heavy atom. The molecule has 1 N–H and O–H groups in total. The van der Waals surface area contributed by atoms with Gasteiger partial charge < -0.3 is 9.84 Å². The molecule has 0 amide bonds. The second-order valence-electron chi connectivity index (χ2n) is 2.44. The number of rotatable bonds is 3. The number of benzene rings is 1. The maximum absolute atomic E-state index is 9.36. The Balaban J connectivity index is 2.81. The second-order valence-corrected chi connectivity index (χ2v) is 3.29. The van der Waals surface area contributed by atoms with E-state index in [0.717, 1.165) is 10.9 Å². The first-order valence-electron chi connectivity index (χ1n) is 3.86. The molecule has 3 heteroatoms. The SMILES string of the molecule is CCCOc1c(O)cccc1Br. The third-order valence-electron chi connectivity index (χ3n) is 1.40. The van der Waals surface area contributed by atoms with Crippen molar-refractivity contribution in [1.29, 1.82) is 0 Å². The molecule has 0 bridgehead atoms. The van der Waals surface area contributed by atoms with Gasteiger partial charge in [0.1, 0.15) is 0 Å². The monoisotopic (exact) mass is 230 g/mol. The van der Waals surface area contributed by atoms with Gasteiger partial charge in [-0.1, -0.05) is 13.0 Å². The van der Waals surface area contributed by atoms with Gasteiger partial charge in [-0.05, 0) is 34.5 Å². The minimum atomic E-state index is 0.179. The van der Waals surface area contributed by atoms with Crippen LogP contribution < -0.4 is 4.74 Å². The number of ether oxygens (including phenoxy) is 1. The average molecular weight is 231 g/mol. The van der Waals surface area contributed by atoms with E-state index >= 15 is 0 Å². The van der Waals surface area contributed by atoms with Crippen molar-refractivity contribution in [3.63, 3.8) is 0 Å². The highest BCUT2D eigenvalue weighted by Gasteiger charge is 2.05. The Kier molecular flexibility index (Phi) is 3.41. The number of para-hydroxylation sites is 1. The lowest BCUT2D eigenvalue weighted by atomic mass is 10.3. The summed E-state index contributed by atoms with van der Waals surface area (Å²) < 4.78 is 6.11. The largest absolute Gasteiger partial charge is 0.504 e. The van der Waals surface area contributed by atoms with Crippen LogP contribution in [0.4, 0.5) is 0 Å². The summed E-state index contributed by atoms with van der Waals surface area (Å²) in [4.78, 5) is 0. The Morgan fingerprint density at radius 3 is 2.83 bits per heavy atom. The number of halogens is 1. The van der Waals surface area contributed by atoms with Crippen molar-refractivity contribution in [3.8, 4) is 11.5 Å². The molecule has 0 aliphatic carbocycles. The molecule has 0 unspecified atom stereocenters. The molecule has 12 heavy (non-hydrogen) atoms. The van der Waals surface area contributed by atoms with E-state index in [-0.39, 0.29) is 5.75 Å². The molecule has 0 saturated carbocycles. The van der Waals surface area contributed by atoms with Crippen molar-refractivity contribution >= 4 is 15.9 Å². The fraction of sp³-hybridized carbons (Fsp3) is 0.333. The lowest BCUT2D eigenvalue weighted by Crippen LogP contribution is -1.95. The standard InChI is InChI=1S/C9H11BrO2/c1-2-6-12-9-7(10)4-3-5-8(9)11/h3-5,11H,2,6H2,1H3. The van der Waals surface area contributed by atoms with Gasteiger partial charge in [-0.25, -0.2) is 0 Å². The smallest absolute Gasteiger partial charge is 0.175 e. The summed E-state index contributed by atoms with van der Waals surface area (Å²) in [6.45, 7) is 2.64. The van der Waals surface area contributed by atoms with Crippen molar-refractivity contribution in [2.45, 2.75) is 13.3 Å². The average Bonchev–Trinajstić information content (AvgIpc) is 2.04. The van der Waals surface area contributed by atoms with Crippen molar-refractivity contribution in [1.82, 2.24) is 0 Å². The summed E-state index contributed by atoms with van der Waals surface area (Å²) >= 11 is 3.29. The van der Waals surface area contributed by atoms with Gasteiger partial charge in [0.05, 0.1) is 11.1 Å². The zero-order chi connectivity index (χ0) is 8.97. The quantitative estimate of drug-likeness (QED) is 0.866. The summed E-state index contributed by atoms with van der Waals surface area (Å²) in [7, 11) is 0. The number of phenolic OH excluding ortho intramolecular Hbond substituents is 1. The van der Waals surface area contributed by atoms with Crippen molar-refractivity contribution in [3.05, 3.63) is 22.7 Å². The topological polar surface area (TPSA) is 29.5 Å². The fourth-order valence-electron chi connectivity index (χ4n) is 0.844. The highest BCUT2D eigenvalue weighted by Crippen LogP contribution is 2.33. The van der Waals surface area contributed by atoms with E-state index < -0.39 is 0 Å². The Morgan fingerprint density at radius 1 is 1.50 bits per heavy atom. The summed E-state index contributed by atoms with van der Waals surface area (Å²) in [6, 6.07) is 5.21. The van der Waals surface area contributed by atoms with E-state index in [4.69, 9.17) is 4.74 Å². The lowest BCUT2D eigenvalue weighted by molar-refractivity contribution is 0.297. The number of aromatic hydroxyl groups is 1. The summed E-state index contributed by atoms with van der Waals surface area (Å²) in [5.74, 6) is 0.706. The summed E-state index contributed by atoms with van der Waals surface area (Å²) in [5.41, 5.74) is 0. The van der Waals surface area contributed by atoms with Crippen LogP contribution in [0.1, 0.15) is 13.3 Å². The third-order valence-corrected chi connectivity index (χ3v) is 2.02. The minimum Gasteiger partial charge on any atom is -0.504 e. The second kappa shape index (κ2) is 4.36. The van der Waals surface area contributed by atoms with Gasteiger partial charge in [-0.15, -0.1) is 0 Å². The highest BCUT2D eigenvalue weighted by atomic mass is 79.9. The van der Waals surface area contributed by atoms with Gasteiger partial charge in [0.25, 0.3) is 0 Å². The summed E-state index contributed by atoms with van der Waals surface area (Å²) in [6.07, 6.45) is 0.931. The van der Waals surface area contributed by atoms with Crippen LogP contribution in [0.15, 0.2) is 22.7 Å². The Hall–Kier alpha value is -0.700. The molecule has 0 spiro atoms. The molecule has 0 aromatic heterocycles. The van der Waals surface area contributed by atoms with Crippen LogP contribution in [0.2, 0.25) is 0 Å². The van der Waals surface area contributed by atoms with E-state index in [1.807, 2.05) is 13.0 Å². The molecule has 66 valence electrons. The molecule has 0 saturated heterocycles. The fourth-order valence-corrected chi connectivity index (χ4v) is 1.31. The molecule has 1 aromatic carbocycles. The molecule has 1 rings (SSSR count). The van der Waals surface area contributed by atoms with Crippen molar-refractivity contribution < 1.29 is 9.84 Å². The first-order chi connectivity index (χ1) is 5.75. The molecule has 0 atom stereocenters. The minimum absolute atomic E-state index is 0.179. The first kappa shape index (κ1) is 9.39. The number of hydrogen-bond donors (Lipinski definition) is 1. The molecule has 0 aliphatic rings. The van der Waals surface area contributed by atoms with Crippen LogP contribution in [0, 0.1) is 0 Å². The van der Waals surface area contributed by atoms with Gasteiger partial charge in [0.15, 0.2) is 11.5 Å².